The van der Waals surface area contributed by atoms with E-state index < -0.39 is 0 Å². The first-order chi connectivity index (χ1) is 12.4. The summed E-state index contributed by atoms with van der Waals surface area (Å²) in [5.41, 5.74) is 1.37. The van der Waals surface area contributed by atoms with Crippen LogP contribution in [0.2, 0.25) is 0 Å². The Hall–Kier alpha value is -1.94. The highest BCUT2D eigenvalue weighted by molar-refractivity contribution is 5.46. The van der Waals surface area contributed by atoms with Gasteiger partial charge in [0.15, 0.2) is 0 Å². The molecule has 1 saturated carbocycles. The Bertz CT molecular complexity index is 572. The fourth-order valence-corrected chi connectivity index (χ4v) is 4.32. The van der Waals surface area contributed by atoms with Gasteiger partial charge in [-0.05, 0) is 49.8 Å². The van der Waals surface area contributed by atoms with Gasteiger partial charge in [-0.1, -0.05) is 18.2 Å². The van der Waals surface area contributed by atoms with Gasteiger partial charge < -0.3 is 4.90 Å². The van der Waals surface area contributed by atoms with Gasteiger partial charge in [0, 0.05) is 56.7 Å². The SMILES string of the molecule is c1ccc(N2CCN(C[C@H]3CC[C@H](c4ncccn4)CC3)CC2)cc1. The monoisotopic (exact) mass is 336 g/mol. The Labute approximate surface area is 150 Å². The highest BCUT2D eigenvalue weighted by Crippen LogP contribution is 2.34. The minimum atomic E-state index is 0.576. The molecule has 2 fully saturated rings. The van der Waals surface area contributed by atoms with Crippen LogP contribution in [0.1, 0.15) is 37.4 Å². The fraction of sp³-hybridized carbons (Fsp3) is 0.524. The minimum Gasteiger partial charge on any atom is -0.369 e. The largest absolute Gasteiger partial charge is 0.369 e. The molecule has 2 aromatic rings. The summed E-state index contributed by atoms with van der Waals surface area (Å²) >= 11 is 0. The number of nitrogens with zero attached hydrogens (tertiary/aromatic N) is 4. The van der Waals surface area contributed by atoms with Crippen molar-refractivity contribution in [1.82, 2.24) is 14.9 Å². The molecule has 0 unspecified atom stereocenters. The van der Waals surface area contributed by atoms with Crippen LogP contribution in [-0.4, -0.2) is 47.6 Å². The molecule has 1 aromatic heterocycles. The standard InChI is InChI=1S/C21H28N4/c1-2-5-20(6-3-1)25-15-13-24(14-16-25)17-18-7-9-19(10-8-18)21-22-11-4-12-23-21/h1-6,11-12,18-19H,7-10,13-17H2/t18-,19-. The van der Waals surface area contributed by atoms with Crippen molar-refractivity contribution in [3.05, 3.63) is 54.6 Å². The van der Waals surface area contributed by atoms with Gasteiger partial charge in [-0.15, -0.1) is 0 Å². The molecular formula is C21H28N4. The first-order valence-corrected chi connectivity index (χ1v) is 9.68. The molecule has 2 heterocycles. The number of piperazine rings is 1. The van der Waals surface area contributed by atoms with E-state index in [0.29, 0.717) is 5.92 Å². The second-order valence-corrected chi connectivity index (χ2v) is 7.45. The number of anilines is 1. The Morgan fingerprint density at radius 1 is 0.800 bits per heavy atom. The van der Waals surface area contributed by atoms with Crippen molar-refractivity contribution in [2.75, 3.05) is 37.6 Å². The van der Waals surface area contributed by atoms with Gasteiger partial charge >= 0.3 is 0 Å². The third-order valence-corrected chi connectivity index (χ3v) is 5.81. The molecule has 0 radical (unpaired) electrons. The van der Waals surface area contributed by atoms with E-state index in [9.17, 15) is 0 Å². The van der Waals surface area contributed by atoms with E-state index in [1.807, 2.05) is 18.5 Å². The quantitative estimate of drug-likeness (QED) is 0.854. The first-order valence-electron chi connectivity index (χ1n) is 9.68. The number of benzene rings is 1. The third kappa shape index (κ3) is 4.18. The van der Waals surface area contributed by atoms with Crippen LogP contribution in [0, 0.1) is 5.92 Å². The number of hydrogen-bond acceptors (Lipinski definition) is 4. The predicted molar refractivity (Wildman–Crippen MR) is 102 cm³/mol. The molecule has 0 N–H and O–H groups in total. The first kappa shape index (κ1) is 16.5. The van der Waals surface area contributed by atoms with E-state index in [0.717, 1.165) is 24.8 Å². The van der Waals surface area contributed by atoms with Crippen LogP contribution in [0.3, 0.4) is 0 Å². The highest BCUT2D eigenvalue weighted by atomic mass is 15.3. The third-order valence-electron chi connectivity index (χ3n) is 5.81. The smallest absolute Gasteiger partial charge is 0.131 e. The molecule has 2 aliphatic rings. The maximum Gasteiger partial charge on any atom is 0.131 e. The predicted octanol–water partition coefficient (Wildman–Crippen LogP) is 3.57. The summed E-state index contributed by atoms with van der Waals surface area (Å²) in [5.74, 6) is 2.48. The van der Waals surface area contributed by atoms with Crippen molar-refractivity contribution in [3.8, 4) is 0 Å². The summed E-state index contributed by atoms with van der Waals surface area (Å²) in [7, 11) is 0. The van der Waals surface area contributed by atoms with Gasteiger partial charge in [-0.3, -0.25) is 4.90 Å². The molecule has 0 amide bonds. The molecule has 0 bridgehead atoms. The van der Waals surface area contributed by atoms with E-state index in [1.54, 1.807) is 0 Å². The van der Waals surface area contributed by atoms with E-state index in [-0.39, 0.29) is 0 Å². The lowest BCUT2D eigenvalue weighted by atomic mass is 9.81. The molecule has 1 aromatic carbocycles. The topological polar surface area (TPSA) is 32.3 Å². The van der Waals surface area contributed by atoms with Crippen LogP contribution in [0.4, 0.5) is 5.69 Å². The second-order valence-electron chi connectivity index (χ2n) is 7.45. The molecule has 25 heavy (non-hydrogen) atoms. The Balaban J connectivity index is 1.22. The Morgan fingerprint density at radius 3 is 2.16 bits per heavy atom. The number of hydrogen-bond donors (Lipinski definition) is 0. The van der Waals surface area contributed by atoms with Crippen LogP contribution in [0.25, 0.3) is 0 Å². The average Bonchev–Trinajstić information content (AvgIpc) is 2.71. The van der Waals surface area contributed by atoms with Crippen LogP contribution in [0.15, 0.2) is 48.8 Å². The lowest BCUT2D eigenvalue weighted by Crippen LogP contribution is -2.48. The zero-order chi connectivity index (χ0) is 16.9. The van der Waals surface area contributed by atoms with Crippen molar-refractivity contribution in [2.24, 2.45) is 5.92 Å². The maximum atomic E-state index is 4.45. The molecule has 4 heteroatoms. The molecule has 132 valence electrons. The van der Waals surface area contributed by atoms with Gasteiger partial charge in [0.05, 0.1) is 0 Å². The van der Waals surface area contributed by atoms with E-state index >= 15 is 0 Å². The second kappa shape index (κ2) is 7.96. The molecular weight excluding hydrogens is 308 g/mol. The average molecular weight is 336 g/mol. The Morgan fingerprint density at radius 2 is 1.48 bits per heavy atom. The zero-order valence-corrected chi connectivity index (χ0v) is 14.9. The van der Waals surface area contributed by atoms with Gasteiger partial charge in [-0.2, -0.15) is 0 Å². The fourth-order valence-electron chi connectivity index (χ4n) is 4.32. The van der Waals surface area contributed by atoms with Crippen LogP contribution < -0.4 is 4.90 Å². The van der Waals surface area contributed by atoms with E-state index in [1.165, 1.54) is 51.0 Å². The highest BCUT2D eigenvalue weighted by Gasteiger charge is 2.26. The maximum absolute atomic E-state index is 4.45. The van der Waals surface area contributed by atoms with Gasteiger partial charge in [0.2, 0.25) is 0 Å². The summed E-state index contributed by atoms with van der Waals surface area (Å²) in [5, 5.41) is 0. The summed E-state index contributed by atoms with van der Waals surface area (Å²) in [4.78, 5) is 14.1. The van der Waals surface area contributed by atoms with Crippen molar-refractivity contribution in [1.29, 1.82) is 0 Å². The summed E-state index contributed by atoms with van der Waals surface area (Å²) in [6.07, 6.45) is 8.89. The molecule has 1 aliphatic heterocycles. The van der Waals surface area contributed by atoms with Crippen LogP contribution in [-0.2, 0) is 0 Å². The summed E-state index contributed by atoms with van der Waals surface area (Å²) < 4.78 is 0. The molecule has 4 rings (SSSR count). The molecule has 1 saturated heterocycles. The van der Waals surface area contributed by atoms with Gasteiger partial charge in [0.25, 0.3) is 0 Å². The molecule has 0 atom stereocenters. The van der Waals surface area contributed by atoms with Crippen LogP contribution >= 0.6 is 0 Å². The summed E-state index contributed by atoms with van der Waals surface area (Å²) in [6, 6.07) is 12.7. The normalized spacial score (nSPS) is 25.0. The number of rotatable bonds is 4. The van der Waals surface area contributed by atoms with Gasteiger partial charge in [0.1, 0.15) is 5.82 Å². The van der Waals surface area contributed by atoms with E-state index in [2.05, 4.69) is 50.1 Å². The molecule has 0 spiro atoms. The Kier molecular flexibility index (Phi) is 5.26. The number of para-hydroxylation sites is 1. The number of aromatic nitrogens is 2. The van der Waals surface area contributed by atoms with Crippen molar-refractivity contribution < 1.29 is 0 Å². The van der Waals surface area contributed by atoms with Crippen molar-refractivity contribution >= 4 is 5.69 Å². The molecule has 1 aliphatic carbocycles. The zero-order valence-electron chi connectivity index (χ0n) is 14.9. The van der Waals surface area contributed by atoms with Crippen LogP contribution in [0.5, 0.6) is 0 Å². The van der Waals surface area contributed by atoms with Crippen molar-refractivity contribution in [3.63, 3.8) is 0 Å². The lowest BCUT2D eigenvalue weighted by Gasteiger charge is -2.39. The van der Waals surface area contributed by atoms with Crippen molar-refractivity contribution in [2.45, 2.75) is 31.6 Å². The lowest BCUT2D eigenvalue weighted by molar-refractivity contribution is 0.185. The van der Waals surface area contributed by atoms with Gasteiger partial charge in [-0.25, -0.2) is 9.97 Å². The summed E-state index contributed by atoms with van der Waals surface area (Å²) in [6.45, 7) is 5.95. The minimum absolute atomic E-state index is 0.576. The van der Waals surface area contributed by atoms with E-state index in [4.69, 9.17) is 0 Å². The molecule has 4 nitrogen and oxygen atoms in total.